The molecule has 0 saturated carbocycles. The van der Waals surface area contributed by atoms with Gasteiger partial charge in [-0.1, -0.05) is 43.9 Å². The van der Waals surface area contributed by atoms with E-state index in [1.807, 2.05) is 31.2 Å². The Morgan fingerprint density at radius 1 is 1.14 bits per heavy atom. The maximum absolute atomic E-state index is 11.5. The largest absolute Gasteiger partial charge is 0.493 e. The summed E-state index contributed by atoms with van der Waals surface area (Å²) in [4.78, 5) is 11.5. The second-order valence-electron chi connectivity index (χ2n) is 8.11. The third-order valence-corrected chi connectivity index (χ3v) is 5.43. The van der Waals surface area contributed by atoms with Gasteiger partial charge in [-0.3, -0.25) is 4.79 Å². The Hall–Kier alpha value is -2.73. The van der Waals surface area contributed by atoms with E-state index in [0.29, 0.717) is 13.0 Å². The molecule has 2 aromatic rings. The van der Waals surface area contributed by atoms with Crippen LogP contribution in [0.5, 0.6) is 5.75 Å². The van der Waals surface area contributed by atoms with Crippen LogP contribution in [0.15, 0.2) is 42.5 Å². The molecule has 1 aliphatic rings. The molecule has 0 saturated heterocycles. The maximum atomic E-state index is 11.5. The minimum absolute atomic E-state index is 0.111. The van der Waals surface area contributed by atoms with Crippen molar-refractivity contribution in [3.63, 3.8) is 0 Å². The zero-order chi connectivity index (χ0) is 20.7. The number of ether oxygens (including phenoxy) is 2. The Morgan fingerprint density at radius 2 is 1.97 bits per heavy atom. The van der Waals surface area contributed by atoms with E-state index < -0.39 is 0 Å². The molecule has 0 amide bonds. The Morgan fingerprint density at radius 3 is 2.79 bits per heavy atom. The van der Waals surface area contributed by atoms with Crippen molar-refractivity contribution in [1.82, 2.24) is 0 Å². The van der Waals surface area contributed by atoms with Crippen molar-refractivity contribution in [1.29, 1.82) is 0 Å². The smallest absolute Gasteiger partial charge is 0.305 e. The molecule has 0 aromatic heterocycles. The van der Waals surface area contributed by atoms with Gasteiger partial charge in [0.2, 0.25) is 0 Å². The van der Waals surface area contributed by atoms with Crippen LogP contribution < -0.4 is 4.74 Å². The average Bonchev–Trinajstić information content (AvgIpc) is 2.71. The van der Waals surface area contributed by atoms with Crippen molar-refractivity contribution in [2.24, 2.45) is 0 Å². The fourth-order valence-corrected chi connectivity index (χ4v) is 3.63. The van der Waals surface area contributed by atoms with Crippen LogP contribution in [0.4, 0.5) is 0 Å². The molecular formula is C26H30O3. The molecule has 0 spiro atoms. The highest BCUT2D eigenvalue weighted by atomic mass is 16.5. The number of esters is 1. The first-order valence-corrected chi connectivity index (χ1v) is 10.5. The lowest BCUT2D eigenvalue weighted by molar-refractivity contribution is -0.143. The molecule has 0 bridgehead atoms. The van der Waals surface area contributed by atoms with E-state index in [1.165, 1.54) is 11.1 Å². The summed E-state index contributed by atoms with van der Waals surface area (Å²) >= 11 is 0. The number of benzene rings is 2. The predicted molar refractivity (Wildman–Crippen MR) is 116 cm³/mol. The summed E-state index contributed by atoms with van der Waals surface area (Å²) in [5.41, 5.74) is 4.65. The molecule has 0 radical (unpaired) electrons. The third kappa shape index (κ3) is 5.64. The number of rotatable bonds is 6. The molecule has 3 nitrogen and oxygen atoms in total. The lowest BCUT2D eigenvalue weighted by atomic mass is 9.79. The molecule has 29 heavy (non-hydrogen) atoms. The van der Waals surface area contributed by atoms with E-state index in [0.717, 1.165) is 49.2 Å². The number of carbonyl (C=O) groups excluding carboxylic acids is 1. The van der Waals surface area contributed by atoms with Crippen molar-refractivity contribution < 1.29 is 14.3 Å². The summed E-state index contributed by atoms with van der Waals surface area (Å²) in [6.07, 6.45) is 4.19. The van der Waals surface area contributed by atoms with Gasteiger partial charge < -0.3 is 9.47 Å². The number of carbonyl (C=O) groups is 1. The Bertz CT molecular complexity index is 915. The van der Waals surface area contributed by atoms with Crippen LogP contribution in [0.3, 0.4) is 0 Å². The lowest BCUT2D eigenvalue weighted by Gasteiger charge is -2.32. The van der Waals surface area contributed by atoms with Crippen LogP contribution >= 0.6 is 0 Å². The van der Waals surface area contributed by atoms with Gasteiger partial charge in [0.1, 0.15) is 5.75 Å². The Kier molecular flexibility index (Phi) is 6.99. The number of hydrogen-bond acceptors (Lipinski definition) is 3. The number of hydrogen-bond donors (Lipinski definition) is 0. The second-order valence-corrected chi connectivity index (χ2v) is 8.11. The van der Waals surface area contributed by atoms with Crippen molar-refractivity contribution in [3.8, 4) is 17.6 Å². The summed E-state index contributed by atoms with van der Waals surface area (Å²) < 4.78 is 10.8. The normalized spacial score (nSPS) is 14.2. The van der Waals surface area contributed by atoms with Crippen molar-refractivity contribution in [2.75, 3.05) is 13.2 Å². The van der Waals surface area contributed by atoms with E-state index in [1.54, 1.807) is 0 Å². The first kappa shape index (κ1) is 21.0. The monoisotopic (exact) mass is 390 g/mol. The van der Waals surface area contributed by atoms with E-state index in [4.69, 9.17) is 9.47 Å². The van der Waals surface area contributed by atoms with Crippen molar-refractivity contribution in [2.45, 2.75) is 58.3 Å². The SMILES string of the molecule is CCOC(=O)CCCCc1ccccc1C#Cc1ccc2c(c1)C(C)(C)CCO2. The average molecular weight is 391 g/mol. The molecule has 0 fully saturated rings. The predicted octanol–water partition coefficient (Wildman–Crippen LogP) is 5.42. The first-order valence-electron chi connectivity index (χ1n) is 10.5. The molecule has 1 heterocycles. The van der Waals surface area contributed by atoms with Crippen molar-refractivity contribution >= 4 is 5.97 Å². The Labute approximate surface area is 174 Å². The highest BCUT2D eigenvalue weighted by Gasteiger charge is 2.28. The standard InChI is InChI=1S/C26H30O3/c1-4-28-25(27)12-8-7-10-21-9-5-6-11-22(21)15-13-20-14-16-24-23(19-20)26(2,3)17-18-29-24/h5-6,9,11,14,16,19H,4,7-8,10,12,17-18H2,1-3H3. The first-order chi connectivity index (χ1) is 14.0. The molecule has 0 aliphatic carbocycles. The molecule has 0 atom stereocenters. The van der Waals surface area contributed by atoms with Gasteiger partial charge in [0.25, 0.3) is 0 Å². The number of fused-ring (bicyclic) bond motifs is 1. The van der Waals surface area contributed by atoms with E-state index >= 15 is 0 Å². The number of aryl methyl sites for hydroxylation is 1. The van der Waals surface area contributed by atoms with Crippen LogP contribution in [0.2, 0.25) is 0 Å². The third-order valence-electron chi connectivity index (χ3n) is 5.43. The van der Waals surface area contributed by atoms with Gasteiger partial charge in [0.05, 0.1) is 13.2 Å². The Balaban J connectivity index is 1.69. The van der Waals surface area contributed by atoms with Crippen LogP contribution in [0.1, 0.15) is 68.7 Å². The topological polar surface area (TPSA) is 35.5 Å². The highest BCUT2D eigenvalue weighted by Crippen LogP contribution is 2.38. The minimum Gasteiger partial charge on any atom is -0.493 e. The molecule has 2 aromatic carbocycles. The molecular weight excluding hydrogens is 360 g/mol. The fourth-order valence-electron chi connectivity index (χ4n) is 3.63. The molecule has 0 N–H and O–H groups in total. The van der Waals surface area contributed by atoms with Gasteiger partial charge in [-0.25, -0.2) is 0 Å². The molecule has 152 valence electrons. The summed E-state index contributed by atoms with van der Waals surface area (Å²) in [6.45, 7) is 7.58. The maximum Gasteiger partial charge on any atom is 0.305 e. The zero-order valence-electron chi connectivity index (χ0n) is 17.7. The molecule has 3 heteroatoms. The van der Waals surface area contributed by atoms with Crippen LogP contribution in [-0.2, 0) is 21.4 Å². The molecule has 0 unspecified atom stereocenters. The van der Waals surface area contributed by atoms with E-state index in [-0.39, 0.29) is 11.4 Å². The van der Waals surface area contributed by atoms with Crippen LogP contribution in [-0.4, -0.2) is 19.2 Å². The minimum atomic E-state index is -0.111. The second kappa shape index (κ2) is 9.65. The fraction of sp³-hybridized carbons (Fsp3) is 0.423. The van der Waals surface area contributed by atoms with Gasteiger partial charge >= 0.3 is 5.97 Å². The summed E-state index contributed by atoms with van der Waals surface area (Å²) in [6, 6.07) is 14.5. The van der Waals surface area contributed by atoms with Crippen LogP contribution in [0, 0.1) is 11.8 Å². The summed E-state index contributed by atoms with van der Waals surface area (Å²) in [7, 11) is 0. The van der Waals surface area contributed by atoms with Gasteiger partial charge in [0, 0.05) is 23.1 Å². The number of unbranched alkanes of at least 4 members (excludes halogenated alkanes) is 1. The van der Waals surface area contributed by atoms with Gasteiger partial charge in [0.15, 0.2) is 0 Å². The van der Waals surface area contributed by atoms with Gasteiger partial charge in [-0.05, 0) is 67.9 Å². The summed E-state index contributed by atoms with van der Waals surface area (Å²) in [5, 5.41) is 0. The zero-order valence-corrected chi connectivity index (χ0v) is 17.7. The van der Waals surface area contributed by atoms with Gasteiger partial charge in [-0.15, -0.1) is 0 Å². The van der Waals surface area contributed by atoms with E-state index in [2.05, 4.69) is 43.9 Å². The summed E-state index contributed by atoms with van der Waals surface area (Å²) in [5.74, 6) is 7.56. The van der Waals surface area contributed by atoms with Crippen molar-refractivity contribution in [3.05, 3.63) is 64.7 Å². The highest BCUT2D eigenvalue weighted by molar-refractivity contribution is 5.69. The van der Waals surface area contributed by atoms with Crippen LogP contribution in [0.25, 0.3) is 0 Å². The quantitative estimate of drug-likeness (QED) is 0.375. The van der Waals surface area contributed by atoms with Gasteiger partial charge in [-0.2, -0.15) is 0 Å². The lowest BCUT2D eigenvalue weighted by Crippen LogP contribution is -2.26. The molecule has 1 aliphatic heterocycles. The molecule has 3 rings (SSSR count). The van der Waals surface area contributed by atoms with E-state index in [9.17, 15) is 4.79 Å².